The zero-order valence-corrected chi connectivity index (χ0v) is 20.5. The van der Waals surface area contributed by atoms with Gasteiger partial charge in [0.1, 0.15) is 16.0 Å². The Bertz CT molecular complexity index is 1280. The molecule has 2 atom stereocenters. The smallest absolute Gasteiger partial charge is 0.259 e. The summed E-state index contributed by atoms with van der Waals surface area (Å²) in [6.45, 7) is 0. The standard InChI is InChI=1S/C24H16Cl4F2N2O2/c1-32(15-6-3-13(29)4-7-15)23(34)16-11-14(5-8-17(16)25)31-22(33)21-20(24(21,27)28)12-2-9-19(30)18(26)10-12/h2-11,20-21H,1H3,(H,31,33). The highest BCUT2D eigenvalue weighted by Crippen LogP contribution is 2.65. The maximum absolute atomic E-state index is 13.5. The highest BCUT2D eigenvalue weighted by Gasteiger charge is 2.67. The summed E-state index contributed by atoms with van der Waals surface area (Å²) in [4.78, 5) is 27.2. The predicted octanol–water partition coefficient (Wildman–Crippen LogP) is 7.07. The Balaban J connectivity index is 1.53. The molecule has 0 saturated heterocycles. The number of hydrogen-bond donors (Lipinski definition) is 1. The first-order valence-electron chi connectivity index (χ1n) is 9.97. The van der Waals surface area contributed by atoms with Crippen molar-refractivity contribution in [1.82, 2.24) is 0 Å². The molecule has 3 aromatic rings. The second-order valence-electron chi connectivity index (χ2n) is 7.83. The zero-order valence-electron chi connectivity index (χ0n) is 17.5. The molecule has 0 bridgehead atoms. The summed E-state index contributed by atoms with van der Waals surface area (Å²) in [5.74, 6) is -3.37. The van der Waals surface area contributed by atoms with Gasteiger partial charge in [-0.3, -0.25) is 9.59 Å². The van der Waals surface area contributed by atoms with Gasteiger partial charge in [0.05, 0.1) is 21.5 Å². The molecule has 4 rings (SSSR count). The van der Waals surface area contributed by atoms with E-state index in [9.17, 15) is 18.4 Å². The van der Waals surface area contributed by atoms with Crippen molar-refractivity contribution in [3.05, 3.63) is 93.5 Å². The van der Waals surface area contributed by atoms with Gasteiger partial charge in [-0.15, -0.1) is 23.2 Å². The van der Waals surface area contributed by atoms with Crippen molar-refractivity contribution in [3.63, 3.8) is 0 Å². The number of halogens is 6. The zero-order chi connectivity index (χ0) is 24.8. The molecule has 2 unspecified atom stereocenters. The predicted molar refractivity (Wildman–Crippen MR) is 131 cm³/mol. The van der Waals surface area contributed by atoms with Crippen molar-refractivity contribution in [2.45, 2.75) is 10.3 Å². The molecule has 1 aliphatic rings. The molecule has 0 aliphatic heterocycles. The molecule has 1 N–H and O–H groups in total. The fourth-order valence-corrected chi connectivity index (χ4v) is 4.94. The van der Waals surface area contributed by atoms with Crippen molar-refractivity contribution in [2.75, 3.05) is 17.3 Å². The maximum atomic E-state index is 13.5. The third-order valence-electron chi connectivity index (χ3n) is 5.62. The molecule has 1 saturated carbocycles. The van der Waals surface area contributed by atoms with Crippen molar-refractivity contribution < 1.29 is 18.4 Å². The minimum atomic E-state index is -1.40. The third-order valence-corrected chi connectivity index (χ3v) is 7.18. The van der Waals surface area contributed by atoms with E-state index >= 15 is 0 Å². The minimum absolute atomic E-state index is 0.0983. The van der Waals surface area contributed by atoms with E-state index in [2.05, 4.69) is 5.32 Å². The van der Waals surface area contributed by atoms with E-state index in [0.717, 1.165) is 0 Å². The minimum Gasteiger partial charge on any atom is -0.326 e. The van der Waals surface area contributed by atoms with E-state index in [-0.39, 0.29) is 15.6 Å². The number of amides is 2. The lowest BCUT2D eigenvalue weighted by atomic mass is 10.1. The van der Waals surface area contributed by atoms with Crippen LogP contribution < -0.4 is 10.2 Å². The molecule has 0 heterocycles. The third kappa shape index (κ3) is 4.73. The monoisotopic (exact) mass is 542 g/mol. The number of anilines is 2. The molecule has 1 aliphatic carbocycles. The van der Waals surface area contributed by atoms with Crippen molar-refractivity contribution in [3.8, 4) is 0 Å². The average molecular weight is 544 g/mol. The van der Waals surface area contributed by atoms with E-state index in [4.69, 9.17) is 46.4 Å². The van der Waals surface area contributed by atoms with Gasteiger partial charge < -0.3 is 10.2 Å². The fraction of sp³-hybridized carbons (Fsp3) is 0.167. The van der Waals surface area contributed by atoms with E-state index in [0.29, 0.717) is 16.9 Å². The second kappa shape index (κ2) is 9.34. The second-order valence-corrected chi connectivity index (χ2v) is 10.1. The van der Waals surface area contributed by atoms with Gasteiger partial charge in [-0.2, -0.15) is 0 Å². The number of nitrogens with one attached hydrogen (secondary N) is 1. The van der Waals surface area contributed by atoms with Crippen molar-refractivity contribution in [1.29, 1.82) is 0 Å². The van der Waals surface area contributed by atoms with Gasteiger partial charge in [0.2, 0.25) is 5.91 Å². The van der Waals surface area contributed by atoms with Gasteiger partial charge in [-0.05, 0) is 60.2 Å². The summed E-state index contributed by atoms with van der Waals surface area (Å²) >= 11 is 24.8. The van der Waals surface area contributed by atoms with Crippen LogP contribution in [0.2, 0.25) is 10.0 Å². The van der Waals surface area contributed by atoms with Crippen molar-refractivity contribution in [2.24, 2.45) is 5.92 Å². The van der Waals surface area contributed by atoms with Crippen LogP contribution in [0.15, 0.2) is 60.7 Å². The summed E-state index contributed by atoms with van der Waals surface area (Å²) in [6.07, 6.45) is 0. The molecule has 4 nitrogen and oxygen atoms in total. The fourth-order valence-electron chi connectivity index (χ4n) is 3.72. The van der Waals surface area contributed by atoms with E-state index in [1.165, 1.54) is 72.6 Å². The number of rotatable bonds is 5. The molecular formula is C24H16Cl4F2N2O2. The first kappa shape index (κ1) is 24.7. The first-order valence-corrected chi connectivity index (χ1v) is 11.5. The first-order chi connectivity index (χ1) is 16.0. The summed E-state index contributed by atoms with van der Waals surface area (Å²) in [6, 6.07) is 13.9. The van der Waals surface area contributed by atoms with Crippen LogP contribution in [0.1, 0.15) is 21.8 Å². The van der Waals surface area contributed by atoms with Gasteiger partial charge in [-0.1, -0.05) is 29.3 Å². The van der Waals surface area contributed by atoms with Crippen LogP contribution >= 0.6 is 46.4 Å². The number of nitrogens with zero attached hydrogens (tertiary/aromatic N) is 1. The van der Waals surface area contributed by atoms with Crippen LogP contribution in [0.25, 0.3) is 0 Å². The Morgan fingerprint density at radius 3 is 2.26 bits per heavy atom. The lowest BCUT2D eigenvalue weighted by molar-refractivity contribution is -0.117. The Morgan fingerprint density at radius 1 is 0.941 bits per heavy atom. The SMILES string of the molecule is CN(C(=O)c1cc(NC(=O)C2C(c3ccc(F)c(Cl)c3)C2(Cl)Cl)ccc1Cl)c1ccc(F)cc1. The molecular weight excluding hydrogens is 528 g/mol. The van der Waals surface area contributed by atoms with Gasteiger partial charge in [-0.25, -0.2) is 8.78 Å². The number of benzene rings is 3. The summed E-state index contributed by atoms with van der Waals surface area (Å²) in [5, 5.41) is 2.77. The highest BCUT2D eigenvalue weighted by atomic mass is 35.5. The molecule has 1 fully saturated rings. The van der Waals surface area contributed by atoms with Crippen LogP contribution in [-0.2, 0) is 4.79 Å². The Morgan fingerprint density at radius 2 is 1.62 bits per heavy atom. The topological polar surface area (TPSA) is 49.4 Å². The highest BCUT2D eigenvalue weighted by molar-refractivity contribution is 6.53. The summed E-state index contributed by atoms with van der Waals surface area (Å²) in [7, 11) is 1.52. The Kier molecular flexibility index (Phi) is 6.80. The van der Waals surface area contributed by atoms with Crippen LogP contribution in [0, 0.1) is 17.6 Å². The lowest BCUT2D eigenvalue weighted by Gasteiger charge is -2.18. The van der Waals surface area contributed by atoms with Crippen molar-refractivity contribution >= 4 is 69.6 Å². The van der Waals surface area contributed by atoms with Crippen LogP contribution in [0.4, 0.5) is 20.2 Å². The number of hydrogen-bond acceptors (Lipinski definition) is 2. The molecule has 34 heavy (non-hydrogen) atoms. The average Bonchev–Trinajstić information content (AvgIpc) is 3.38. The van der Waals surface area contributed by atoms with Crippen LogP contribution in [0.5, 0.6) is 0 Å². The number of alkyl halides is 2. The molecule has 10 heteroatoms. The summed E-state index contributed by atoms with van der Waals surface area (Å²) in [5.41, 5.74) is 1.43. The molecule has 0 aromatic heterocycles. The number of carbonyl (C=O) groups excluding carboxylic acids is 2. The molecule has 0 spiro atoms. The number of carbonyl (C=O) groups is 2. The molecule has 2 amide bonds. The maximum Gasteiger partial charge on any atom is 0.259 e. The lowest BCUT2D eigenvalue weighted by Crippen LogP contribution is -2.26. The largest absolute Gasteiger partial charge is 0.326 e. The van der Waals surface area contributed by atoms with Crippen LogP contribution in [0.3, 0.4) is 0 Å². The van der Waals surface area contributed by atoms with Gasteiger partial charge >= 0.3 is 0 Å². The summed E-state index contributed by atoms with van der Waals surface area (Å²) < 4.78 is 25.3. The molecule has 176 valence electrons. The normalized spacial score (nSPS) is 18.3. The Labute approximate surface area is 214 Å². The van der Waals surface area contributed by atoms with Gasteiger partial charge in [0.15, 0.2) is 0 Å². The van der Waals surface area contributed by atoms with E-state index < -0.39 is 39.6 Å². The van der Waals surface area contributed by atoms with Crippen LogP contribution in [-0.4, -0.2) is 23.2 Å². The molecule has 3 aromatic carbocycles. The van der Waals surface area contributed by atoms with Gasteiger partial charge in [0, 0.05) is 24.3 Å². The van der Waals surface area contributed by atoms with Gasteiger partial charge in [0.25, 0.3) is 5.91 Å². The quantitative estimate of drug-likeness (QED) is 0.350. The molecule has 0 radical (unpaired) electrons. The van der Waals surface area contributed by atoms with E-state index in [1.54, 1.807) is 0 Å². The Hall–Kier alpha value is -2.38. The van der Waals surface area contributed by atoms with E-state index in [1.807, 2.05) is 0 Å².